The van der Waals surface area contributed by atoms with Gasteiger partial charge in [-0.2, -0.15) is 0 Å². The Bertz CT molecular complexity index is 499. The van der Waals surface area contributed by atoms with E-state index in [1.165, 1.54) is 4.90 Å². The highest BCUT2D eigenvalue weighted by Crippen LogP contribution is 2.44. The van der Waals surface area contributed by atoms with E-state index in [9.17, 15) is 4.79 Å². The van der Waals surface area contributed by atoms with Crippen LogP contribution >= 0.6 is 0 Å². The van der Waals surface area contributed by atoms with Crippen LogP contribution < -0.4 is 5.32 Å². The highest BCUT2D eigenvalue weighted by Gasteiger charge is 2.49. The van der Waals surface area contributed by atoms with Gasteiger partial charge in [0.2, 0.25) is 0 Å². The number of carbonyl (C=O) groups is 1. The highest BCUT2D eigenvalue weighted by atomic mass is 16.5. The number of hydrogen-bond donors (Lipinski definition) is 1. The van der Waals surface area contributed by atoms with E-state index in [-0.39, 0.29) is 17.4 Å². The van der Waals surface area contributed by atoms with Crippen molar-refractivity contribution in [2.24, 2.45) is 5.41 Å². The fourth-order valence-electron chi connectivity index (χ4n) is 2.55. The molecule has 0 saturated heterocycles. The summed E-state index contributed by atoms with van der Waals surface area (Å²) >= 11 is 0. The molecule has 0 aromatic carbocycles. The number of nitrogens with zero attached hydrogens (tertiary/aromatic N) is 3. The Morgan fingerprint density at radius 1 is 1.43 bits per heavy atom. The number of ether oxygens (including phenoxy) is 1. The number of rotatable bonds is 5. The minimum absolute atomic E-state index is 0.0653. The standard InChI is InChI=1S/C15H24N4O2/c1-6-21-12-9-11(15(12,2)3)16-13-8-7-10(17-18-13)14(20)19(4)5/h7-8,11-12H,6,9H2,1-5H3,(H,16,18). The van der Waals surface area contributed by atoms with Gasteiger partial charge in [-0.1, -0.05) is 13.8 Å². The molecule has 21 heavy (non-hydrogen) atoms. The van der Waals surface area contributed by atoms with E-state index in [0.29, 0.717) is 17.6 Å². The van der Waals surface area contributed by atoms with E-state index >= 15 is 0 Å². The second-order valence-electron chi connectivity index (χ2n) is 6.20. The summed E-state index contributed by atoms with van der Waals surface area (Å²) in [6, 6.07) is 3.80. The first-order valence-electron chi connectivity index (χ1n) is 7.29. The first-order valence-corrected chi connectivity index (χ1v) is 7.29. The van der Waals surface area contributed by atoms with E-state index in [1.54, 1.807) is 26.2 Å². The number of carbonyl (C=O) groups excluding carboxylic acids is 1. The number of anilines is 1. The summed E-state index contributed by atoms with van der Waals surface area (Å²) in [5.41, 5.74) is 0.418. The predicted octanol–water partition coefficient (Wildman–Crippen LogP) is 1.79. The van der Waals surface area contributed by atoms with Crippen LogP contribution in [0.2, 0.25) is 0 Å². The van der Waals surface area contributed by atoms with Crippen LogP contribution in [0.15, 0.2) is 12.1 Å². The molecule has 0 aliphatic heterocycles. The Balaban J connectivity index is 1.97. The number of aromatic nitrogens is 2. The van der Waals surface area contributed by atoms with Crippen LogP contribution in [0, 0.1) is 5.41 Å². The summed E-state index contributed by atoms with van der Waals surface area (Å²) in [5, 5.41) is 11.4. The summed E-state index contributed by atoms with van der Waals surface area (Å²) in [6.45, 7) is 7.13. The molecule has 6 heteroatoms. The molecule has 1 saturated carbocycles. The van der Waals surface area contributed by atoms with Crippen molar-refractivity contribution in [3.05, 3.63) is 17.8 Å². The van der Waals surface area contributed by atoms with Crippen LogP contribution in [0.5, 0.6) is 0 Å². The Labute approximate surface area is 125 Å². The molecule has 1 fully saturated rings. The number of hydrogen-bond acceptors (Lipinski definition) is 5. The summed E-state index contributed by atoms with van der Waals surface area (Å²) < 4.78 is 5.71. The van der Waals surface area contributed by atoms with Crippen LogP contribution in [0.25, 0.3) is 0 Å². The highest BCUT2D eigenvalue weighted by molar-refractivity contribution is 5.91. The van der Waals surface area contributed by atoms with Crippen LogP contribution in [0.4, 0.5) is 5.82 Å². The van der Waals surface area contributed by atoms with Crippen LogP contribution in [0.1, 0.15) is 37.7 Å². The van der Waals surface area contributed by atoms with Gasteiger partial charge in [-0.15, -0.1) is 10.2 Å². The molecule has 0 spiro atoms. The topological polar surface area (TPSA) is 67.3 Å². The van der Waals surface area contributed by atoms with Crippen LogP contribution in [-0.2, 0) is 4.74 Å². The monoisotopic (exact) mass is 292 g/mol. The van der Waals surface area contributed by atoms with Crippen molar-refractivity contribution in [1.29, 1.82) is 0 Å². The maximum Gasteiger partial charge on any atom is 0.273 e. The maximum atomic E-state index is 11.7. The van der Waals surface area contributed by atoms with Crippen molar-refractivity contribution in [1.82, 2.24) is 15.1 Å². The normalized spacial score (nSPS) is 23.3. The van der Waals surface area contributed by atoms with Crippen molar-refractivity contribution in [2.45, 2.75) is 39.3 Å². The van der Waals surface area contributed by atoms with Crippen LogP contribution in [0.3, 0.4) is 0 Å². The van der Waals surface area contributed by atoms with Crippen molar-refractivity contribution in [3.8, 4) is 0 Å². The first-order chi connectivity index (χ1) is 9.86. The summed E-state index contributed by atoms with van der Waals surface area (Å²) in [6.07, 6.45) is 1.24. The zero-order valence-electron chi connectivity index (χ0n) is 13.4. The Hall–Kier alpha value is -1.69. The third kappa shape index (κ3) is 3.15. The van der Waals surface area contributed by atoms with Gasteiger partial charge in [-0.25, -0.2) is 0 Å². The van der Waals surface area contributed by atoms with E-state index in [1.807, 2.05) is 6.92 Å². The average Bonchev–Trinajstić information content (AvgIpc) is 2.46. The SMILES string of the molecule is CCOC1CC(Nc2ccc(C(=O)N(C)C)nn2)C1(C)C. The molecule has 1 N–H and O–H groups in total. The van der Waals surface area contributed by atoms with Crippen molar-refractivity contribution >= 4 is 11.7 Å². The van der Waals surface area contributed by atoms with Crippen molar-refractivity contribution in [2.75, 3.05) is 26.0 Å². The molecule has 1 aromatic rings. The molecule has 2 unspecified atom stereocenters. The summed E-state index contributed by atoms with van der Waals surface area (Å²) in [4.78, 5) is 13.2. The molecule has 1 amide bonds. The summed E-state index contributed by atoms with van der Waals surface area (Å²) in [7, 11) is 3.39. The maximum absolute atomic E-state index is 11.7. The second-order valence-corrected chi connectivity index (χ2v) is 6.20. The lowest BCUT2D eigenvalue weighted by molar-refractivity contribution is -0.0976. The molecule has 0 radical (unpaired) electrons. The Morgan fingerprint density at radius 3 is 2.62 bits per heavy atom. The van der Waals surface area contributed by atoms with Gasteiger partial charge in [-0.3, -0.25) is 4.79 Å². The Kier molecular flexibility index (Phi) is 4.46. The molecule has 6 nitrogen and oxygen atoms in total. The third-order valence-corrected chi connectivity index (χ3v) is 4.16. The first kappa shape index (κ1) is 15.7. The fourth-order valence-corrected chi connectivity index (χ4v) is 2.55. The Morgan fingerprint density at radius 2 is 2.14 bits per heavy atom. The number of nitrogens with one attached hydrogen (secondary N) is 1. The molecule has 2 rings (SSSR count). The lowest BCUT2D eigenvalue weighted by Gasteiger charge is -2.51. The fraction of sp³-hybridized carbons (Fsp3) is 0.667. The molecular formula is C15H24N4O2. The molecule has 2 atom stereocenters. The lowest BCUT2D eigenvalue weighted by atomic mass is 9.64. The molecule has 1 heterocycles. The molecule has 0 bridgehead atoms. The quantitative estimate of drug-likeness (QED) is 0.896. The second kappa shape index (κ2) is 5.97. The molecule has 1 aliphatic carbocycles. The van der Waals surface area contributed by atoms with Crippen LogP contribution in [-0.4, -0.2) is 53.9 Å². The van der Waals surface area contributed by atoms with Gasteiger partial charge >= 0.3 is 0 Å². The van der Waals surface area contributed by atoms with E-state index in [4.69, 9.17) is 4.74 Å². The third-order valence-electron chi connectivity index (χ3n) is 4.16. The van der Waals surface area contributed by atoms with Gasteiger partial charge < -0.3 is 15.0 Å². The zero-order chi connectivity index (χ0) is 15.6. The van der Waals surface area contributed by atoms with Gasteiger partial charge in [-0.05, 0) is 25.5 Å². The average molecular weight is 292 g/mol. The van der Waals surface area contributed by atoms with E-state index in [2.05, 4.69) is 29.4 Å². The van der Waals surface area contributed by atoms with E-state index in [0.717, 1.165) is 13.0 Å². The molecule has 1 aliphatic rings. The van der Waals surface area contributed by atoms with Gasteiger partial charge in [0.25, 0.3) is 5.91 Å². The van der Waals surface area contributed by atoms with Gasteiger partial charge in [0.1, 0.15) is 5.82 Å². The van der Waals surface area contributed by atoms with Gasteiger partial charge in [0, 0.05) is 32.2 Å². The molecular weight excluding hydrogens is 268 g/mol. The van der Waals surface area contributed by atoms with Crippen molar-refractivity contribution < 1.29 is 9.53 Å². The van der Waals surface area contributed by atoms with Gasteiger partial charge in [0.15, 0.2) is 5.69 Å². The lowest BCUT2D eigenvalue weighted by Crippen LogP contribution is -2.58. The minimum atomic E-state index is -0.144. The number of amides is 1. The molecule has 116 valence electrons. The van der Waals surface area contributed by atoms with Crippen molar-refractivity contribution in [3.63, 3.8) is 0 Å². The predicted molar refractivity (Wildman–Crippen MR) is 81.3 cm³/mol. The van der Waals surface area contributed by atoms with E-state index < -0.39 is 0 Å². The summed E-state index contributed by atoms with van der Waals surface area (Å²) in [5.74, 6) is 0.549. The largest absolute Gasteiger partial charge is 0.378 e. The van der Waals surface area contributed by atoms with Gasteiger partial charge in [0.05, 0.1) is 6.10 Å². The minimum Gasteiger partial charge on any atom is -0.378 e. The molecule has 1 aromatic heterocycles. The zero-order valence-corrected chi connectivity index (χ0v) is 13.4. The smallest absolute Gasteiger partial charge is 0.273 e.